The van der Waals surface area contributed by atoms with Crippen molar-refractivity contribution in [3.63, 3.8) is 0 Å². The highest BCUT2D eigenvalue weighted by atomic mass is 16.6. The Hall–Kier alpha value is -1.51. The molecule has 1 fully saturated rings. The monoisotopic (exact) mass is 204 g/mol. The number of benzene rings is 1. The maximum Gasteiger partial charge on any atom is 0.166 e. The highest BCUT2D eigenvalue weighted by Crippen LogP contribution is 2.36. The molecule has 3 nitrogen and oxygen atoms in total. The van der Waals surface area contributed by atoms with Crippen LogP contribution in [0, 0.1) is 5.92 Å². The average molecular weight is 204 g/mol. The Balaban J connectivity index is 1.92. The number of hydrogen-bond donors (Lipinski definition) is 0. The molecule has 1 aliphatic heterocycles. The van der Waals surface area contributed by atoms with Crippen LogP contribution in [-0.2, 0) is 0 Å². The smallest absolute Gasteiger partial charge is 0.166 e. The number of Topliss-reactive ketones (excluding diaryl/α,β-unsaturated/α-hetero) is 1. The van der Waals surface area contributed by atoms with Crippen molar-refractivity contribution in [2.75, 3.05) is 13.2 Å². The van der Waals surface area contributed by atoms with Gasteiger partial charge in [-0.1, -0.05) is 0 Å². The molecule has 1 aromatic rings. The number of rotatable bonds is 2. The summed E-state index contributed by atoms with van der Waals surface area (Å²) in [4.78, 5) is 11.8. The van der Waals surface area contributed by atoms with Gasteiger partial charge in [-0.15, -0.1) is 0 Å². The Labute approximate surface area is 88.0 Å². The van der Waals surface area contributed by atoms with Crippen LogP contribution in [0.15, 0.2) is 18.2 Å². The second-order valence-corrected chi connectivity index (χ2v) is 4.00. The van der Waals surface area contributed by atoms with Crippen molar-refractivity contribution in [3.05, 3.63) is 23.8 Å². The van der Waals surface area contributed by atoms with Crippen LogP contribution < -0.4 is 9.47 Å². The Morgan fingerprint density at radius 3 is 2.60 bits per heavy atom. The molecule has 2 aliphatic rings. The van der Waals surface area contributed by atoms with Crippen LogP contribution in [0.4, 0.5) is 0 Å². The Bertz CT molecular complexity index is 407. The van der Waals surface area contributed by atoms with Gasteiger partial charge in [0.2, 0.25) is 0 Å². The lowest BCUT2D eigenvalue weighted by Crippen LogP contribution is -2.16. The number of carbonyl (C=O) groups is 1. The fourth-order valence-corrected chi connectivity index (χ4v) is 1.78. The summed E-state index contributed by atoms with van der Waals surface area (Å²) >= 11 is 0. The number of carbonyl (C=O) groups excluding carboxylic acids is 1. The minimum Gasteiger partial charge on any atom is -0.486 e. The second kappa shape index (κ2) is 3.26. The minimum atomic E-state index is 0.243. The number of fused-ring (bicyclic) bond motifs is 1. The van der Waals surface area contributed by atoms with Crippen LogP contribution >= 0.6 is 0 Å². The zero-order chi connectivity index (χ0) is 10.3. The molecule has 0 atom stereocenters. The molecule has 0 saturated heterocycles. The fraction of sp³-hybridized carbons (Fsp3) is 0.417. The van der Waals surface area contributed by atoms with Gasteiger partial charge in [-0.25, -0.2) is 0 Å². The van der Waals surface area contributed by atoms with Crippen molar-refractivity contribution in [1.82, 2.24) is 0 Å². The first-order valence-corrected chi connectivity index (χ1v) is 5.28. The van der Waals surface area contributed by atoms with E-state index < -0.39 is 0 Å². The highest BCUT2D eigenvalue weighted by molar-refractivity contribution is 5.99. The molecule has 0 radical (unpaired) electrons. The molecule has 1 saturated carbocycles. The maximum absolute atomic E-state index is 11.8. The van der Waals surface area contributed by atoms with Gasteiger partial charge in [0, 0.05) is 11.5 Å². The number of ether oxygens (including phenoxy) is 2. The molecular formula is C12H12O3. The molecule has 3 heteroatoms. The van der Waals surface area contributed by atoms with E-state index >= 15 is 0 Å². The molecule has 0 N–H and O–H groups in total. The molecule has 78 valence electrons. The van der Waals surface area contributed by atoms with Crippen LogP contribution in [0.25, 0.3) is 0 Å². The quantitative estimate of drug-likeness (QED) is 0.691. The van der Waals surface area contributed by atoms with Crippen molar-refractivity contribution in [2.45, 2.75) is 12.8 Å². The lowest BCUT2D eigenvalue weighted by molar-refractivity contribution is 0.0966. The van der Waals surface area contributed by atoms with Crippen LogP contribution in [-0.4, -0.2) is 19.0 Å². The van der Waals surface area contributed by atoms with E-state index in [4.69, 9.17) is 9.47 Å². The van der Waals surface area contributed by atoms with Gasteiger partial charge in [-0.05, 0) is 31.0 Å². The molecule has 15 heavy (non-hydrogen) atoms. The molecular weight excluding hydrogens is 192 g/mol. The first kappa shape index (κ1) is 8.77. The zero-order valence-electron chi connectivity index (χ0n) is 8.36. The Morgan fingerprint density at radius 1 is 1.13 bits per heavy atom. The first-order valence-electron chi connectivity index (χ1n) is 5.28. The number of hydrogen-bond acceptors (Lipinski definition) is 3. The van der Waals surface area contributed by atoms with Gasteiger partial charge in [-0.3, -0.25) is 4.79 Å². The second-order valence-electron chi connectivity index (χ2n) is 4.00. The van der Waals surface area contributed by atoms with Gasteiger partial charge < -0.3 is 9.47 Å². The fourth-order valence-electron chi connectivity index (χ4n) is 1.78. The van der Waals surface area contributed by atoms with Gasteiger partial charge in [0.15, 0.2) is 17.3 Å². The summed E-state index contributed by atoms with van der Waals surface area (Å²) in [6.07, 6.45) is 2.07. The van der Waals surface area contributed by atoms with Crippen molar-refractivity contribution >= 4 is 5.78 Å². The van der Waals surface area contributed by atoms with E-state index in [0.717, 1.165) is 24.2 Å². The van der Waals surface area contributed by atoms with Gasteiger partial charge in [0.25, 0.3) is 0 Å². The minimum absolute atomic E-state index is 0.243. The summed E-state index contributed by atoms with van der Waals surface area (Å²) in [5.74, 6) is 1.95. The molecule has 0 spiro atoms. The van der Waals surface area contributed by atoms with Gasteiger partial charge in [0.1, 0.15) is 13.2 Å². The summed E-state index contributed by atoms with van der Waals surface area (Å²) in [6.45, 7) is 1.15. The predicted molar refractivity (Wildman–Crippen MR) is 54.5 cm³/mol. The zero-order valence-corrected chi connectivity index (χ0v) is 8.36. The SMILES string of the molecule is O=C(c1ccc2c(c1)OCCO2)C1CC1. The van der Waals surface area contributed by atoms with E-state index in [1.807, 2.05) is 12.1 Å². The highest BCUT2D eigenvalue weighted by Gasteiger charge is 2.31. The van der Waals surface area contributed by atoms with E-state index in [0.29, 0.717) is 19.0 Å². The predicted octanol–water partition coefficient (Wildman–Crippen LogP) is 2.05. The summed E-state index contributed by atoms with van der Waals surface area (Å²) in [6, 6.07) is 5.45. The summed E-state index contributed by atoms with van der Waals surface area (Å²) in [5.41, 5.74) is 0.752. The third-order valence-electron chi connectivity index (χ3n) is 2.77. The van der Waals surface area contributed by atoms with E-state index in [2.05, 4.69) is 0 Å². The van der Waals surface area contributed by atoms with E-state index in [-0.39, 0.29) is 11.7 Å². The average Bonchev–Trinajstić information content (AvgIpc) is 3.11. The molecule has 1 aromatic carbocycles. The summed E-state index contributed by atoms with van der Waals surface area (Å²) in [7, 11) is 0. The van der Waals surface area contributed by atoms with Gasteiger partial charge >= 0.3 is 0 Å². The van der Waals surface area contributed by atoms with Crippen LogP contribution in [0.1, 0.15) is 23.2 Å². The molecule has 1 aliphatic carbocycles. The standard InChI is InChI=1S/C12H12O3/c13-12(8-1-2-8)9-3-4-10-11(7-9)15-6-5-14-10/h3-4,7-8H,1-2,5-6H2. The third kappa shape index (κ3) is 1.58. The van der Waals surface area contributed by atoms with E-state index in [1.165, 1.54) is 0 Å². The Kier molecular flexibility index (Phi) is 1.91. The summed E-state index contributed by atoms with van der Waals surface area (Å²) < 4.78 is 10.8. The van der Waals surface area contributed by atoms with Crippen LogP contribution in [0.5, 0.6) is 11.5 Å². The lowest BCUT2D eigenvalue weighted by atomic mass is 10.1. The molecule has 0 amide bonds. The molecule has 0 unspecified atom stereocenters. The summed E-state index contributed by atoms with van der Waals surface area (Å²) in [5, 5.41) is 0. The van der Waals surface area contributed by atoms with Crippen molar-refractivity contribution in [2.24, 2.45) is 5.92 Å². The third-order valence-corrected chi connectivity index (χ3v) is 2.77. The van der Waals surface area contributed by atoms with E-state index in [9.17, 15) is 4.79 Å². The molecule has 0 aromatic heterocycles. The van der Waals surface area contributed by atoms with Gasteiger partial charge in [-0.2, -0.15) is 0 Å². The first-order chi connectivity index (χ1) is 7.34. The number of ketones is 1. The molecule has 1 heterocycles. The molecule has 0 bridgehead atoms. The Morgan fingerprint density at radius 2 is 1.87 bits per heavy atom. The van der Waals surface area contributed by atoms with Crippen molar-refractivity contribution in [3.8, 4) is 11.5 Å². The topological polar surface area (TPSA) is 35.5 Å². The van der Waals surface area contributed by atoms with Crippen LogP contribution in [0.2, 0.25) is 0 Å². The van der Waals surface area contributed by atoms with Crippen molar-refractivity contribution in [1.29, 1.82) is 0 Å². The maximum atomic E-state index is 11.8. The molecule has 3 rings (SSSR count). The van der Waals surface area contributed by atoms with E-state index in [1.54, 1.807) is 6.07 Å². The van der Waals surface area contributed by atoms with Crippen LogP contribution in [0.3, 0.4) is 0 Å². The lowest BCUT2D eigenvalue weighted by Gasteiger charge is -2.18. The normalized spacial score (nSPS) is 18.7. The van der Waals surface area contributed by atoms with Crippen molar-refractivity contribution < 1.29 is 14.3 Å². The largest absolute Gasteiger partial charge is 0.486 e. The van der Waals surface area contributed by atoms with Gasteiger partial charge in [0.05, 0.1) is 0 Å².